The molecule has 1 N–H and O–H groups in total. The van der Waals surface area contributed by atoms with E-state index >= 15 is 0 Å². The Balaban J connectivity index is 1.53. The lowest BCUT2D eigenvalue weighted by molar-refractivity contribution is -0.144. The number of hydrogen-bond acceptors (Lipinski definition) is 3. The summed E-state index contributed by atoms with van der Waals surface area (Å²) in [5.74, 6) is 1.13. The lowest BCUT2D eigenvalue weighted by Crippen LogP contribution is -2.47. The summed E-state index contributed by atoms with van der Waals surface area (Å²) in [6, 6.07) is 8.00. The predicted octanol–water partition coefficient (Wildman–Crippen LogP) is 6.14. The Morgan fingerprint density at radius 2 is 2.06 bits per heavy atom. The number of allylic oxidation sites excluding steroid dienone is 2. The lowest BCUT2D eigenvalue weighted by Gasteiger charge is -2.32. The van der Waals surface area contributed by atoms with Crippen LogP contribution in [0.25, 0.3) is 0 Å². The topological polar surface area (TPSA) is 64.3 Å². The zero-order valence-corrected chi connectivity index (χ0v) is 20.4. The zero-order valence-electron chi connectivity index (χ0n) is 19.6. The van der Waals surface area contributed by atoms with Crippen molar-refractivity contribution in [2.75, 3.05) is 13.1 Å². The van der Waals surface area contributed by atoms with Gasteiger partial charge in [0.05, 0.1) is 10.6 Å². The Bertz CT molecular complexity index is 969. The molecule has 4 nitrogen and oxygen atoms in total. The van der Waals surface area contributed by atoms with Crippen LogP contribution in [0.4, 0.5) is 0 Å². The number of halogens is 1. The summed E-state index contributed by atoms with van der Waals surface area (Å²) in [4.78, 5) is 15.2. The third-order valence-corrected chi connectivity index (χ3v) is 8.22. The Labute approximate surface area is 202 Å². The minimum absolute atomic E-state index is 0.197. The van der Waals surface area contributed by atoms with Crippen LogP contribution in [0.5, 0.6) is 0 Å². The van der Waals surface area contributed by atoms with Crippen LogP contribution in [0.2, 0.25) is 5.02 Å². The van der Waals surface area contributed by atoms with Gasteiger partial charge in [-0.2, -0.15) is 5.26 Å². The van der Waals surface area contributed by atoms with Crippen LogP contribution in [-0.2, 0) is 4.79 Å². The molecular formula is C28H35ClN2O2. The van der Waals surface area contributed by atoms with Gasteiger partial charge in [-0.25, -0.2) is 0 Å². The normalized spacial score (nSPS) is 24.1. The predicted molar refractivity (Wildman–Crippen MR) is 132 cm³/mol. The van der Waals surface area contributed by atoms with E-state index < -0.39 is 5.60 Å². The van der Waals surface area contributed by atoms with Gasteiger partial charge < -0.3 is 10.0 Å². The summed E-state index contributed by atoms with van der Waals surface area (Å²) in [5.41, 5.74) is 0.904. The Morgan fingerprint density at radius 3 is 2.73 bits per heavy atom. The van der Waals surface area contributed by atoms with Gasteiger partial charge in [-0.1, -0.05) is 68.0 Å². The third kappa shape index (κ3) is 5.36. The van der Waals surface area contributed by atoms with E-state index in [9.17, 15) is 15.2 Å². The summed E-state index contributed by atoms with van der Waals surface area (Å²) in [6.45, 7) is 2.95. The van der Waals surface area contributed by atoms with Crippen LogP contribution in [0, 0.1) is 23.2 Å². The molecule has 0 aromatic heterocycles. The van der Waals surface area contributed by atoms with Crippen molar-refractivity contribution in [3.63, 3.8) is 0 Å². The maximum Gasteiger partial charge on any atom is 0.258 e. The molecule has 1 amide bonds. The van der Waals surface area contributed by atoms with Crippen LogP contribution >= 0.6 is 11.6 Å². The minimum Gasteiger partial charge on any atom is -0.376 e. The zero-order chi connectivity index (χ0) is 23.4. The van der Waals surface area contributed by atoms with Crippen molar-refractivity contribution in [1.29, 1.82) is 5.26 Å². The summed E-state index contributed by atoms with van der Waals surface area (Å²) >= 11 is 6.42. The van der Waals surface area contributed by atoms with Gasteiger partial charge in [0.1, 0.15) is 6.07 Å². The van der Waals surface area contributed by atoms with E-state index in [2.05, 4.69) is 12.1 Å². The smallest absolute Gasteiger partial charge is 0.258 e. The molecule has 0 radical (unpaired) electrons. The number of likely N-dealkylation sites (tertiary alicyclic amines) is 1. The number of carbonyl (C=O) groups is 1. The van der Waals surface area contributed by atoms with Gasteiger partial charge in [-0.3, -0.25) is 4.79 Å². The number of nitriles is 1. The van der Waals surface area contributed by atoms with Crippen molar-refractivity contribution in [1.82, 2.24) is 4.90 Å². The fraction of sp³-hybridized carbons (Fsp3) is 0.571. The van der Waals surface area contributed by atoms with Gasteiger partial charge in [0, 0.05) is 13.1 Å². The molecule has 5 heteroatoms. The van der Waals surface area contributed by atoms with Crippen LogP contribution in [0.15, 0.2) is 42.0 Å². The molecule has 0 bridgehead atoms. The highest BCUT2D eigenvalue weighted by molar-refractivity contribution is 6.31. The Hall–Kier alpha value is -2.09. The minimum atomic E-state index is -1.48. The molecule has 1 unspecified atom stereocenters. The lowest BCUT2D eigenvalue weighted by atomic mass is 9.75. The van der Waals surface area contributed by atoms with Gasteiger partial charge in [-0.05, 0) is 73.6 Å². The average Bonchev–Trinajstić information content (AvgIpc) is 3.33. The number of benzene rings is 1. The summed E-state index contributed by atoms with van der Waals surface area (Å²) < 4.78 is 0. The molecule has 1 heterocycles. The Morgan fingerprint density at radius 1 is 1.27 bits per heavy atom. The third-order valence-electron chi connectivity index (χ3n) is 7.91. The number of amides is 1. The number of aliphatic hydroxyl groups is 1. The molecule has 2 fully saturated rings. The highest BCUT2D eigenvalue weighted by atomic mass is 35.5. The number of rotatable bonds is 6. The molecule has 1 saturated heterocycles. The second-order valence-corrected chi connectivity index (χ2v) is 10.6. The molecule has 1 aromatic carbocycles. The number of carbonyl (C=O) groups excluding carboxylic acids is 1. The Kier molecular flexibility index (Phi) is 7.62. The van der Waals surface area contributed by atoms with Crippen molar-refractivity contribution in [3.05, 3.63) is 58.1 Å². The van der Waals surface area contributed by atoms with Crippen molar-refractivity contribution in [2.45, 2.75) is 76.2 Å². The first kappa shape index (κ1) is 24.0. The first-order valence-electron chi connectivity index (χ1n) is 12.5. The van der Waals surface area contributed by atoms with Gasteiger partial charge in [0.2, 0.25) is 0 Å². The SMILES string of the molecule is C[C@](O)(C(=O)N1CC[C@H](C(CC2CCCCC2)c2ccc(C#N)c(Cl)c2)C1)C1=CCCC=C1. The van der Waals surface area contributed by atoms with Gasteiger partial charge in [0.25, 0.3) is 5.91 Å². The molecule has 3 aliphatic rings. The monoisotopic (exact) mass is 466 g/mol. The summed E-state index contributed by atoms with van der Waals surface area (Å²) in [6.07, 6.45) is 16.2. The average molecular weight is 467 g/mol. The van der Waals surface area contributed by atoms with E-state index in [1.54, 1.807) is 6.92 Å². The van der Waals surface area contributed by atoms with Gasteiger partial charge in [-0.15, -0.1) is 0 Å². The second kappa shape index (κ2) is 10.5. The molecule has 2 aliphatic carbocycles. The van der Waals surface area contributed by atoms with Crippen molar-refractivity contribution in [3.8, 4) is 6.07 Å². The first-order valence-corrected chi connectivity index (χ1v) is 12.9. The standard InChI is InChI=1S/C28H35ClN2O2/c1-28(33,24-10-6-3-7-11-24)27(32)31-15-14-23(19-31)25(16-20-8-4-2-5-9-20)21-12-13-22(18-30)26(29)17-21/h6,10-13,17,20,23,25,33H,2-5,7-9,14-16,19H2,1H3/t23-,25?,28+/m0/s1. The van der Waals surface area contributed by atoms with E-state index in [1.165, 1.54) is 37.7 Å². The molecule has 176 valence electrons. The fourth-order valence-electron chi connectivity index (χ4n) is 5.94. The van der Waals surface area contributed by atoms with Crippen LogP contribution in [-0.4, -0.2) is 34.6 Å². The van der Waals surface area contributed by atoms with Crippen LogP contribution in [0.1, 0.15) is 81.8 Å². The molecule has 1 saturated carbocycles. The second-order valence-electron chi connectivity index (χ2n) is 10.2. The van der Waals surface area contributed by atoms with Gasteiger partial charge in [0.15, 0.2) is 5.60 Å². The maximum absolute atomic E-state index is 13.3. The van der Waals surface area contributed by atoms with E-state index in [0.29, 0.717) is 47.0 Å². The van der Waals surface area contributed by atoms with Gasteiger partial charge >= 0.3 is 0 Å². The molecule has 1 aliphatic heterocycles. The molecule has 0 spiro atoms. The highest BCUT2D eigenvalue weighted by Gasteiger charge is 2.42. The van der Waals surface area contributed by atoms with Crippen molar-refractivity contribution < 1.29 is 9.90 Å². The maximum atomic E-state index is 13.3. The van der Waals surface area contributed by atoms with Crippen LogP contribution < -0.4 is 0 Å². The first-order chi connectivity index (χ1) is 15.9. The molecule has 33 heavy (non-hydrogen) atoms. The van der Waals surface area contributed by atoms with Crippen molar-refractivity contribution >= 4 is 17.5 Å². The summed E-state index contributed by atoms with van der Waals surface area (Å²) in [5, 5.41) is 20.9. The largest absolute Gasteiger partial charge is 0.376 e. The van der Waals surface area contributed by atoms with E-state index in [-0.39, 0.29) is 5.91 Å². The number of nitrogens with zero attached hydrogens (tertiary/aromatic N) is 2. The van der Waals surface area contributed by atoms with Crippen molar-refractivity contribution in [2.24, 2.45) is 11.8 Å². The van der Waals surface area contributed by atoms with E-state index in [1.807, 2.05) is 35.3 Å². The molecule has 3 atom stereocenters. The van der Waals surface area contributed by atoms with E-state index in [4.69, 9.17) is 11.6 Å². The molecular weight excluding hydrogens is 432 g/mol. The molecule has 1 aromatic rings. The highest BCUT2D eigenvalue weighted by Crippen LogP contribution is 2.42. The van der Waals surface area contributed by atoms with Crippen LogP contribution in [0.3, 0.4) is 0 Å². The van der Waals surface area contributed by atoms with E-state index in [0.717, 1.165) is 25.7 Å². The quantitative estimate of drug-likeness (QED) is 0.547. The number of hydrogen-bond donors (Lipinski definition) is 1. The molecule has 4 rings (SSSR count). The fourth-order valence-corrected chi connectivity index (χ4v) is 6.17. The summed E-state index contributed by atoms with van der Waals surface area (Å²) in [7, 11) is 0.